The third-order valence-corrected chi connectivity index (χ3v) is 2.73. The second kappa shape index (κ2) is 13.6. The summed E-state index contributed by atoms with van der Waals surface area (Å²) in [6.07, 6.45) is 0. The summed E-state index contributed by atoms with van der Waals surface area (Å²) >= 11 is 0. The van der Waals surface area contributed by atoms with Crippen LogP contribution in [-0.4, -0.2) is 18.4 Å². The number of rotatable bonds is 4. The quantitative estimate of drug-likeness (QED) is 0.699. The highest BCUT2D eigenvalue weighted by molar-refractivity contribution is 6.14. The van der Waals surface area contributed by atoms with E-state index in [0.717, 1.165) is 4.90 Å². The highest BCUT2D eigenvalue weighted by atomic mass is 16.2. The van der Waals surface area contributed by atoms with E-state index < -0.39 is 5.91 Å². The van der Waals surface area contributed by atoms with Crippen LogP contribution in [0.2, 0.25) is 0 Å². The average molecular weight is 341 g/mol. The zero-order valence-electron chi connectivity index (χ0n) is 15.6. The molecule has 0 bridgehead atoms. The van der Waals surface area contributed by atoms with Crippen molar-refractivity contribution in [2.24, 2.45) is 10.2 Å². The lowest BCUT2D eigenvalue weighted by Crippen LogP contribution is -2.36. The minimum absolute atomic E-state index is 0.177. The van der Waals surface area contributed by atoms with Crippen LogP contribution in [0.15, 0.2) is 70.9 Å². The van der Waals surface area contributed by atoms with Crippen LogP contribution in [0.3, 0.4) is 0 Å². The summed E-state index contributed by atoms with van der Waals surface area (Å²) in [6, 6.07) is 17.9. The van der Waals surface area contributed by atoms with Crippen LogP contribution in [-0.2, 0) is 9.59 Å². The van der Waals surface area contributed by atoms with E-state index in [-0.39, 0.29) is 12.5 Å². The van der Waals surface area contributed by atoms with Crippen molar-refractivity contribution in [3.8, 4) is 0 Å². The number of carbonyl (C=O) groups excluding carboxylic acids is 2. The topological polar surface area (TPSA) is 62.1 Å². The Bertz CT molecular complexity index is 641. The Morgan fingerprint density at radius 1 is 0.840 bits per heavy atom. The molecule has 0 saturated heterocycles. The molecule has 0 heterocycles. The van der Waals surface area contributed by atoms with Gasteiger partial charge in [0.25, 0.3) is 5.91 Å². The number of imide groups is 1. The third-order valence-electron chi connectivity index (χ3n) is 2.73. The molecule has 0 radical (unpaired) electrons. The maximum atomic E-state index is 12.1. The van der Waals surface area contributed by atoms with Crippen molar-refractivity contribution in [3.63, 3.8) is 0 Å². The highest BCUT2D eigenvalue weighted by Gasteiger charge is 2.19. The summed E-state index contributed by atoms with van der Waals surface area (Å²) in [5, 5.41) is 7.80. The van der Waals surface area contributed by atoms with E-state index in [1.807, 2.05) is 52.0 Å². The molecule has 0 aliphatic carbocycles. The molecular formula is C20H27N3O2. The number of azo groups is 1. The second-order valence-electron chi connectivity index (χ2n) is 4.32. The number of para-hydroxylation sites is 1. The molecule has 2 rings (SSSR count). The Hall–Kier alpha value is -2.82. The molecule has 5 heteroatoms. The molecule has 134 valence electrons. The van der Waals surface area contributed by atoms with Crippen LogP contribution in [0, 0.1) is 0 Å². The largest absolute Gasteiger partial charge is 0.274 e. The highest BCUT2D eigenvalue weighted by Crippen LogP contribution is 2.14. The molecule has 5 nitrogen and oxygen atoms in total. The third kappa shape index (κ3) is 8.01. The van der Waals surface area contributed by atoms with Gasteiger partial charge in [-0.05, 0) is 24.3 Å². The lowest BCUT2D eigenvalue weighted by molar-refractivity contribution is -0.124. The van der Waals surface area contributed by atoms with Crippen molar-refractivity contribution in [3.05, 3.63) is 60.7 Å². The van der Waals surface area contributed by atoms with E-state index in [1.54, 1.807) is 36.4 Å². The monoisotopic (exact) mass is 341 g/mol. The average Bonchev–Trinajstić information content (AvgIpc) is 2.66. The summed E-state index contributed by atoms with van der Waals surface area (Å²) in [5.74, 6) is -0.755. The first-order chi connectivity index (χ1) is 12.2. The SMILES string of the molecule is CC.CC.CC(=O)N(C(=O)CN=Nc1ccccc1)c1ccccc1. The van der Waals surface area contributed by atoms with Gasteiger partial charge in [-0.3, -0.25) is 9.59 Å². The predicted octanol–water partition coefficient (Wildman–Crippen LogP) is 5.40. The number of hydrogen-bond donors (Lipinski definition) is 0. The first-order valence-corrected chi connectivity index (χ1v) is 8.49. The van der Waals surface area contributed by atoms with Crippen molar-refractivity contribution < 1.29 is 9.59 Å². The van der Waals surface area contributed by atoms with E-state index in [0.29, 0.717) is 11.4 Å². The second-order valence-corrected chi connectivity index (χ2v) is 4.32. The molecule has 25 heavy (non-hydrogen) atoms. The number of amides is 2. The van der Waals surface area contributed by atoms with Gasteiger partial charge in [0.1, 0.15) is 6.54 Å². The van der Waals surface area contributed by atoms with Gasteiger partial charge in [-0.15, -0.1) is 0 Å². The van der Waals surface area contributed by atoms with Gasteiger partial charge in [0.05, 0.1) is 11.4 Å². The molecule has 0 unspecified atom stereocenters. The lowest BCUT2D eigenvalue weighted by Gasteiger charge is -2.17. The van der Waals surface area contributed by atoms with E-state index in [1.165, 1.54) is 6.92 Å². The fraction of sp³-hybridized carbons (Fsp3) is 0.300. The van der Waals surface area contributed by atoms with Crippen molar-refractivity contribution in [2.75, 3.05) is 11.4 Å². The number of anilines is 1. The van der Waals surface area contributed by atoms with Crippen LogP contribution in [0.4, 0.5) is 11.4 Å². The molecule has 2 aromatic carbocycles. The van der Waals surface area contributed by atoms with Gasteiger partial charge in [0, 0.05) is 6.92 Å². The Kier molecular flexibility index (Phi) is 12.1. The van der Waals surface area contributed by atoms with Crippen LogP contribution in [0.25, 0.3) is 0 Å². The molecule has 0 spiro atoms. The van der Waals surface area contributed by atoms with Gasteiger partial charge in [-0.2, -0.15) is 10.2 Å². The summed E-state index contributed by atoms with van der Waals surface area (Å²) in [6.45, 7) is 9.17. The first kappa shape index (κ1) is 22.2. The van der Waals surface area contributed by atoms with Crippen LogP contribution in [0.1, 0.15) is 34.6 Å². The Morgan fingerprint density at radius 3 is 1.80 bits per heavy atom. The normalized spacial score (nSPS) is 9.32. The Labute approximate surface area is 150 Å². The van der Waals surface area contributed by atoms with E-state index in [2.05, 4.69) is 10.2 Å². The van der Waals surface area contributed by atoms with Crippen molar-refractivity contribution in [2.45, 2.75) is 34.6 Å². The van der Waals surface area contributed by atoms with Crippen LogP contribution < -0.4 is 4.90 Å². The lowest BCUT2D eigenvalue weighted by atomic mass is 10.3. The number of benzene rings is 2. The van der Waals surface area contributed by atoms with Crippen molar-refractivity contribution in [1.82, 2.24) is 0 Å². The maximum Gasteiger partial charge on any atom is 0.257 e. The molecule has 0 N–H and O–H groups in total. The fourth-order valence-corrected chi connectivity index (χ4v) is 1.82. The zero-order valence-corrected chi connectivity index (χ0v) is 15.6. The smallest absolute Gasteiger partial charge is 0.257 e. The molecule has 0 aliphatic heterocycles. The standard InChI is InChI=1S/C16H15N3O2.2C2H6/c1-13(20)19(15-10-6-3-7-11-15)16(21)12-17-18-14-8-4-2-5-9-14;2*1-2/h2-11H,12H2,1H3;2*1-2H3. The molecular weight excluding hydrogens is 314 g/mol. The molecule has 0 saturated carbocycles. The van der Waals surface area contributed by atoms with Gasteiger partial charge in [-0.25, -0.2) is 4.90 Å². The van der Waals surface area contributed by atoms with Crippen LogP contribution in [0.5, 0.6) is 0 Å². The molecule has 2 amide bonds. The summed E-state index contributed by atoms with van der Waals surface area (Å²) < 4.78 is 0. The minimum atomic E-state index is -0.409. The van der Waals surface area contributed by atoms with Gasteiger partial charge in [-0.1, -0.05) is 64.1 Å². The van der Waals surface area contributed by atoms with Gasteiger partial charge < -0.3 is 0 Å². The summed E-state index contributed by atoms with van der Waals surface area (Å²) in [5.41, 5.74) is 1.20. The fourth-order valence-electron chi connectivity index (χ4n) is 1.82. The van der Waals surface area contributed by atoms with Crippen molar-refractivity contribution in [1.29, 1.82) is 0 Å². The van der Waals surface area contributed by atoms with Gasteiger partial charge in [0.2, 0.25) is 5.91 Å². The maximum absolute atomic E-state index is 12.1. The number of hydrogen-bond acceptors (Lipinski definition) is 4. The Balaban J connectivity index is 0.00000134. The van der Waals surface area contributed by atoms with E-state index in [4.69, 9.17) is 0 Å². The minimum Gasteiger partial charge on any atom is -0.274 e. The van der Waals surface area contributed by atoms with Crippen molar-refractivity contribution >= 4 is 23.2 Å². The summed E-state index contributed by atoms with van der Waals surface area (Å²) in [7, 11) is 0. The van der Waals surface area contributed by atoms with Gasteiger partial charge in [0.15, 0.2) is 0 Å². The van der Waals surface area contributed by atoms with Crippen LogP contribution >= 0.6 is 0 Å². The zero-order chi connectivity index (χ0) is 19.1. The Morgan fingerprint density at radius 2 is 1.32 bits per heavy atom. The van der Waals surface area contributed by atoms with E-state index >= 15 is 0 Å². The molecule has 0 atom stereocenters. The predicted molar refractivity (Wildman–Crippen MR) is 103 cm³/mol. The van der Waals surface area contributed by atoms with E-state index in [9.17, 15) is 9.59 Å². The molecule has 0 fully saturated rings. The molecule has 0 aromatic heterocycles. The molecule has 2 aromatic rings. The molecule has 0 aliphatic rings. The first-order valence-electron chi connectivity index (χ1n) is 8.49. The number of nitrogens with zero attached hydrogens (tertiary/aromatic N) is 3. The van der Waals surface area contributed by atoms with Gasteiger partial charge >= 0.3 is 0 Å². The summed E-state index contributed by atoms with van der Waals surface area (Å²) in [4.78, 5) is 24.9. The number of carbonyl (C=O) groups is 2.